The summed E-state index contributed by atoms with van der Waals surface area (Å²) in [5, 5.41) is 15.1. The molecule has 0 spiro atoms. The van der Waals surface area contributed by atoms with Gasteiger partial charge in [0.2, 0.25) is 0 Å². The molecule has 1 atom stereocenters. The molecule has 0 heterocycles. The van der Waals surface area contributed by atoms with E-state index >= 15 is 0 Å². The van der Waals surface area contributed by atoms with Crippen LogP contribution in [-0.4, -0.2) is 44.0 Å². The van der Waals surface area contributed by atoms with E-state index in [1.165, 1.54) is 25.7 Å². The smallest absolute Gasteiger partial charge is 0.314 e. The van der Waals surface area contributed by atoms with Crippen LogP contribution in [0.4, 0.5) is 4.79 Å². The summed E-state index contributed by atoms with van der Waals surface area (Å²) >= 11 is 0. The van der Waals surface area contributed by atoms with Crippen molar-refractivity contribution in [1.82, 2.24) is 10.6 Å². The predicted octanol–water partition coefficient (Wildman–Crippen LogP) is 1.26. The average molecular weight is 258 g/mol. The number of methoxy groups -OCH3 is 1. The fourth-order valence-corrected chi connectivity index (χ4v) is 2.39. The Labute approximate surface area is 109 Å². The van der Waals surface area contributed by atoms with Crippen LogP contribution >= 0.6 is 0 Å². The van der Waals surface area contributed by atoms with Crippen molar-refractivity contribution >= 4 is 6.03 Å². The molecule has 2 amide bonds. The molecule has 0 saturated heterocycles. The Morgan fingerprint density at radius 2 is 2.06 bits per heavy atom. The molecule has 1 unspecified atom stereocenters. The molecule has 5 nitrogen and oxygen atoms in total. The lowest BCUT2D eigenvalue weighted by atomic mass is 9.89. The molecular formula is C13H26N2O3. The van der Waals surface area contributed by atoms with E-state index in [1.54, 1.807) is 7.11 Å². The van der Waals surface area contributed by atoms with Gasteiger partial charge in [0.1, 0.15) is 0 Å². The summed E-state index contributed by atoms with van der Waals surface area (Å²) in [4.78, 5) is 11.5. The normalized spacial score (nSPS) is 19.5. The first-order valence-corrected chi connectivity index (χ1v) is 6.74. The van der Waals surface area contributed by atoms with Gasteiger partial charge >= 0.3 is 6.03 Å². The van der Waals surface area contributed by atoms with Crippen molar-refractivity contribution in [1.29, 1.82) is 0 Å². The van der Waals surface area contributed by atoms with E-state index in [1.807, 2.05) is 0 Å². The summed E-state index contributed by atoms with van der Waals surface area (Å²) in [5.41, 5.74) is 0.271. The molecular weight excluding hydrogens is 232 g/mol. The van der Waals surface area contributed by atoms with Gasteiger partial charge in [-0.05, 0) is 24.7 Å². The number of hydrogen-bond donors (Lipinski definition) is 3. The number of hydrogen-bond acceptors (Lipinski definition) is 3. The van der Waals surface area contributed by atoms with Gasteiger partial charge in [0.05, 0.1) is 12.7 Å². The third-order valence-corrected chi connectivity index (χ3v) is 3.61. The van der Waals surface area contributed by atoms with Gasteiger partial charge in [0, 0.05) is 20.2 Å². The monoisotopic (exact) mass is 258 g/mol. The van der Waals surface area contributed by atoms with Crippen molar-refractivity contribution in [3.05, 3.63) is 0 Å². The summed E-state index contributed by atoms with van der Waals surface area (Å²) in [5.74, 6) is 0. The standard InChI is InChI=1S/C13H26N2O3/c1-13(6-3-4-7-13)10-15-12(17)14-8-5-11(16)9-18-2/h11,16H,3-10H2,1-2H3,(H2,14,15,17). The van der Waals surface area contributed by atoms with Gasteiger partial charge in [0.25, 0.3) is 0 Å². The molecule has 1 rings (SSSR count). The van der Waals surface area contributed by atoms with Crippen molar-refractivity contribution in [3.8, 4) is 0 Å². The Hall–Kier alpha value is -0.810. The van der Waals surface area contributed by atoms with E-state index in [9.17, 15) is 9.90 Å². The number of carbonyl (C=O) groups is 1. The first-order chi connectivity index (χ1) is 8.56. The van der Waals surface area contributed by atoms with Crippen LogP contribution < -0.4 is 10.6 Å². The Bertz CT molecular complexity index is 253. The zero-order chi connectivity index (χ0) is 13.4. The molecule has 106 valence electrons. The molecule has 18 heavy (non-hydrogen) atoms. The van der Waals surface area contributed by atoms with Gasteiger partial charge in [-0.2, -0.15) is 0 Å². The number of amides is 2. The number of aliphatic hydroxyl groups excluding tert-OH is 1. The summed E-state index contributed by atoms with van der Waals surface area (Å²) in [6.45, 7) is 3.73. The molecule has 3 N–H and O–H groups in total. The molecule has 0 aliphatic heterocycles. The van der Waals surface area contributed by atoms with Crippen LogP contribution in [0.5, 0.6) is 0 Å². The molecule has 0 aromatic heterocycles. The number of ether oxygens (including phenoxy) is 1. The summed E-state index contributed by atoms with van der Waals surface area (Å²) in [6, 6.07) is -0.146. The maximum Gasteiger partial charge on any atom is 0.314 e. The average Bonchev–Trinajstić information content (AvgIpc) is 2.75. The van der Waals surface area contributed by atoms with Crippen molar-refractivity contribution in [2.45, 2.75) is 45.1 Å². The molecule has 0 bridgehead atoms. The van der Waals surface area contributed by atoms with Crippen LogP contribution in [0.2, 0.25) is 0 Å². The second-order valence-electron chi connectivity index (χ2n) is 5.53. The number of rotatable bonds is 7. The van der Waals surface area contributed by atoms with E-state index in [0.29, 0.717) is 19.6 Å². The lowest BCUT2D eigenvalue weighted by Crippen LogP contribution is -2.41. The van der Waals surface area contributed by atoms with E-state index in [-0.39, 0.29) is 11.4 Å². The van der Waals surface area contributed by atoms with Gasteiger partial charge < -0.3 is 20.5 Å². The van der Waals surface area contributed by atoms with Gasteiger partial charge in [-0.15, -0.1) is 0 Å². The molecule has 0 aromatic carbocycles. The van der Waals surface area contributed by atoms with Crippen molar-refractivity contribution in [2.24, 2.45) is 5.41 Å². The van der Waals surface area contributed by atoms with E-state index in [0.717, 1.165) is 6.54 Å². The first kappa shape index (κ1) is 15.2. The van der Waals surface area contributed by atoms with Gasteiger partial charge in [0.15, 0.2) is 0 Å². The minimum absolute atomic E-state index is 0.146. The molecule has 0 radical (unpaired) electrons. The predicted molar refractivity (Wildman–Crippen MR) is 70.5 cm³/mol. The maximum atomic E-state index is 11.5. The highest BCUT2D eigenvalue weighted by atomic mass is 16.5. The quantitative estimate of drug-likeness (QED) is 0.644. The maximum absolute atomic E-state index is 11.5. The van der Waals surface area contributed by atoms with Crippen LogP contribution in [0.25, 0.3) is 0 Å². The first-order valence-electron chi connectivity index (χ1n) is 6.74. The third kappa shape index (κ3) is 5.69. The highest BCUT2D eigenvalue weighted by molar-refractivity contribution is 5.73. The Morgan fingerprint density at radius 1 is 1.39 bits per heavy atom. The van der Waals surface area contributed by atoms with E-state index in [4.69, 9.17) is 4.74 Å². The zero-order valence-corrected chi connectivity index (χ0v) is 11.5. The third-order valence-electron chi connectivity index (χ3n) is 3.61. The lowest BCUT2D eigenvalue weighted by molar-refractivity contribution is 0.0598. The van der Waals surface area contributed by atoms with Crippen LogP contribution in [0.15, 0.2) is 0 Å². The molecule has 1 fully saturated rings. The highest BCUT2D eigenvalue weighted by Crippen LogP contribution is 2.36. The highest BCUT2D eigenvalue weighted by Gasteiger charge is 2.28. The van der Waals surface area contributed by atoms with E-state index in [2.05, 4.69) is 17.6 Å². The molecule has 1 aliphatic carbocycles. The zero-order valence-electron chi connectivity index (χ0n) is 11.5. The van der Waals surface area contributed by atoms with Crippen molar-refractivity contribution < 1.29 is 14.6 Å². The second-order valence-corrected chi connectivity index (χ2v) is 5.53. The summed E-state index contributed by atoms with van der Waals surface area (Å²) in [6.07, 6.45) is 4.92. The summed E-state index contributed by atoms with van der Waals surface area (Å²) < 4.78 is 4.81. The number of nitrogens with one attached hydrogen (secondary N) is 2. The topological polar surface area (TPSA) is 70.6 Å². The Kier molecular flexibility index (Phi) is 6.43. The van der Waals surface area contributed by atoms with Crippen molar-refractivity contribution in [2.75, 3.05) is 26.8 Å². The molecule has 0 aromatic rings. The largest absolute Gasteiger partial charge is 0.391 e. The molecule has 1 aliphatic rings. The number of urea groups is 1. The van der Waals surface area contributed by atoms with Crippen LogP contribution in [0.1, 0.15) is 39.0 Å². The van der Waals surface area contributed by atoms with Crippen LogP contribution in [-0.2, 0) is 4.74 Å². The fourth-order valence-electron chi connectivity index (χ4n) is 2.39. The van der Waals surface area contributed by atoms with Crippen LogP contribution in [0.3, 0.4) is 0 Å². The minimum atomic E-state index is -0.511. The Morgan fingerprint density at radius 3 is 2.67 bits per heavy atom. The SMILES string of the molecule is COCC(O)CCNC(=O)NCC1(C)CCCC1. The van der Waals surface area contributed by atoms with Crippen molar-refractivity contribution in [3.63, 3.8) is 0 Å². The Balaban J connectivity index is 2.07. The van der Waals surface area contributed by atoms with Gasteiger partial charge in [-0.1, -0.05) is 19.8 Å². The van der Waals surface area contributed by atoms with Gasteiger partial charge in [-0.3, -0.25) is 0 Å². The molecule has 5 heteroatoms. The molecule has 1 saturated carbocycles. The van der Waals surface area contributed by atoms with Crippen LogP contribution in [0, 0.1) is 5.41 Å². The summed E-state index contributed by atoms with van der Waals surface area (Å²) in [7, 11) is 1.55. The van der Waals surface area contributed by atoms with Gasteiger partial charge in [-0.25, -0.2) is 4.79 Å². The minimum Gasteiger partial charge on any atom is -0.391 e. The second kappa shape index (κ2) is 7.59. The number of carbonyl (C=O) groups excluding carboxylic acids is 1. The lowest BCUT2D eigenvalue weighted by Gasteiger charge is -2.23. The van der Waals surface area contributed by atoms with E-state index < -0.39 is 6.10 Å². The number of aliphatic hydroxyl groups is 1. The fraction of sp³-hybridized carbons (Fsp3) is 0.923.